The zero-order valence-corrected chi connectivity index (χ0v) is 17.1. The van der Waals surface area contributed by atoms with Crippen LogP contribution >= 0.6 is 0 Å². The van der Waals surface area contributed by atoms with Gasteiger partial charge in [0.2, 0.25) is 0 Å². The lowest BCUT2D eigenvalue weighted by atomic mass is 9.44. The van der Waals surface area contributed by atoms with Crippen LogP contribution in [0.5, 0.6) is 0 Å². The Bertz CT molecular complexity index is 577. The summed E-state index contributed by atoms with van der Waals surface area (Å²) in [6.45, 7) is 4.77. The molecule has 0 spiro atoms. The topological polar surface area (TPSA) is 77.8 Å². The first kappa shape index (κ1) is 19.7. The van der Waals surface area contributed by atoms with Crippen LogP contribution in [0.25, 0.3) is 0 Å². The molecule has 4 rings (SSSR count). The number of hydrogen-bond donors (Lipinski definition) is 3. The van der Waals surface area contributed by atoms with Crippen molar-refractivity contribution < 1.29 is 20.1 Å². The maximum Gasteiger partial charge on any atom is 0.303 e. The van der Waals surface area contributed by atoms with Gasteiger partial charge in [0.15, 0.2) is 0 Å². The lowest BCUT2D eigenvalue weighted by molar-refractivity contribution is -0.171. The largest absolute Gasteiger partial charge is 0.481 e. The van der Waals surface area contributed by atoms with E-state index in [0.29, 0.717) is 29.6 Å². The van der Waals surface area contributed by atoms with E-state index in [2.05, 4.69) is 13.8 Å². The van der Waals surface area contributed by atoms with E-state index in [1.54, 1.807) is 0 Å². The molecular formula is C23H38O4. The highest BCUT2D eigenvalue weighted by Crippen LogP contribution is 2.67. The van der Waals surface area contributed by atoms with Crippen LogP contribution in [0.2, 0.25) is 0 Å². The third-order valence-corrected chi connectivity index (χ3v) is 9.88. The molecule has 0 aromatic heterocycles. The number of aliphatic carboxylic acids is 1. The zero-order chi connectivity index (χ0) is 19.4. The van der Waals surface area contributed by atoms with Crippen molar-refractivity contribution in [2.45, 2.75) is 96.7 Å². The minimum atomic E-state index is -0.704. The van der Waals surface area contributed by atoms with Crippen LogP contribution in [0.4, 0.5) is 0 Å². The summed E-state index contributed by atoms with van der Waals surface area (Å²) in [5.41, 5.74) is 0.253. The molecular weight excluding hydrogens is 340 g/mol. The highest BCUT2D eigenvalue weighted by Gasteiger charge is 2.62. The molecule has 4 aliphatic rings. The number of aliphatic hydroxyl groups excluding tert-OH is 2. The quantitative estimate of drug-likeness (QED) is 0.684. The zero-order valence-electron chi connectivity index (χ0n) is 17.1. The highest BCUT2D eigenvalue weighted by molar-refractivity contribution is 5.66. The molecule has 27 heavy (non-hydrogen) atoms. The van der Waals surface area contributed by atoms with Gasteiger partial charge in [0, 0.05) is 6.42 Å². The smallest absolute Gasteiger partial charge is 0.303 e. The molecule has 0 bridgehead atoms. The summed E-state index contributed by atoms with van der Waals surface area (Å²) in [7, 11) is 0. The standard InChI is InChI=1S/C23H38O4/c1-22-11-10-16(24)12-15(22)6-8-17-18-9-7-14(4-3-5-21(26)27)23(18,2)20(25)13-19(17)22/h14-20,24-25H,3-13H2,1-2H3,(H,26,27)/t14-,15+,16+,17-,18-,19-,20-,22-,23+/m0/s1. The van der Waals surface area contributed by atoms with Gasteiger partial charge in [0.05, 0.1) is 12.2 Å². The van der Waals surface area contributed by atoms with Gasteiger partial charge in [0.1, 0.15) is 0 Å². The van der Waals surface area contributed by atoms with E-state index in [1.165, 1.54) is 19.3 Å². The Morgan fingerprint density at radius 1 is 1.00 bits per heavy atom. The highest BCUT2D eigenvalue weighted by atomic mass is 16.4. The van der Waals surface area contributed by atoms with Crippen LogP contribution in [-0.4, -0.2) is 33.5 Å². The van der Waals surface area contributed by atoms with Crippen LogP contribution in [0.3, 0.4) is 0 Å². The summed E-state index contributed by atoms with van der Waals surface area (Å²) in [6.07, 6.45) is 10.3. The summed E-state index contributed by atoms with van der Waals surface area (Å²) >= 11 is 0. The van der Waals surface area contributed by atoms with Gasteiger partial charge < -0.3 is 15.3 Å². The molecule has 9 atom stereocenters. The molecule has 3 N–H and O–H groups in total. The average Bonchev–Trinajstić information content (AvgIpc) is 2.95. The molecule has 0 aromatic rings. The van der Waals surface area contributed by atoms with E-state index in [-0.39, 0.29) is 29.5 Å². The molecule has 0 heterocycles. The second-order valence-electron chi connectivity index (χ2n) is 10.8. The summed E-state index contributed by atoms with van der Waals surface area (Å²) in [4.78, 5) is 10.9. The molecule has 0 unspecified atom stereocenters. The van der Waals surface area contributed by atoms with Gasteiger partial charge in [-0.3, -0.25) is 4.79 Å². The van der Waals surface area contributed by atoms with Gasteiger partial charge in [-0.2, -0.15) is 0 Å². The van der Waals surface area contributed by atoms with Crippen molar-refractivity contribution in [3.8, 4) is 0 Å². The van der Waals surface area contributed by atoms with Crippen LogP contribution in [0.15, 0.2) is 0 Å². The Morgan fingerprint density at radius 2 is 1.78 bits per heavy atom. The van der Waals surface area contributed by atoms with Crippen molar-refractivity contribution in [1.29, 1.82) is 0 Å². The van der Waals surface area contributed by atoms with E-state index in [0.717, 1.165) is 44.9 Å². The first-order chi connectivity index (χ1) is 12.8. The molecule has 0 aromatic carbocycles. The number of aliphatic hydroxyl groups is 2. The first-order valence-electron chi connectivity index (χ1n) is 11.3. The molecule has 154 valence electrons. The third-order valence-electron chi connectivity index (χ3n) is 9.88. The number of rotatable bonds is 4. The molecule has 0 saturated heterocycles. The Balaban J connectivity index is 1.53. The summed E-state index contributed by atoms with van der Waals surface area (Å²) in [5.74, 6) is 2.27. The Morgan fingerprint density at radius 3 is 2.52 bits per heavy atom. The van der Waals surface area contributed by atoms with Crippen molar-refractivity contribution in [2.24, 2.45) is 40.4 Å². The molecule has 4 nitrogen and oxygen atoms in total. The number of hydrogen-bond acceptors (Lipinski definition) is 3. The number of carbonyl (C=O) groups is 1. The van der Waals surface area contributed by atoms with Gasteiger partial charge in [-0.05, 0) is 105 Å². The van der Waals surface area contributed by atoms with Crippen molar-refractivity contribution in [2.75, 3.05) is 0 Å². The molecule has 4 heteroatoms. The van der Waals surface area contributed by atoms with Crippen LogP contribution in [-0.2, 0) is 4.79 Å². The van der Waals surface area contributed by atoms with Gasteiger partial charge in [-0.1, -0.05) is 13.8 Å². The lowest BCUT2D eigenvalue weighted by Gasteiger charge is -2.62. The SMILES string of the molecule is C[C@]12CC[C@@H](O)C[C@H]1CC[C@@H]1[C@@H]2C[C@H](O)[C@]2(C)[C@@H](CCCC(=O)O)CC[C@@H]12. The van der Waals surface area contributed by atoms with Gasteiger partial charge in [-0.25, -0.2) is 0 Å². The molecule has 4 aliphatic carbocycles. The fraction of sp³-hybridized carbons (Fsp3) is 0.957. The minimum Gasteiger partial charge on any atom is -0.481 e. The fourth-order valence-electron chi connectivity index (χ4n) is 8.29. The van der Waals surface area contributed by atoms with Crippen LogP contribution in [0.1, 0.15) is 84.5 Å². The maximum absolute atomic E-state index is 11.3. The molecule has 4 fully saturated rings. The molecule has 0 amide bonds. The van der Waals surface area contributed by atoms with E-state index < -0.39 is 5.97 Å². The summed E-state index contributed by atoms with van der Waals surface area (Å²) in [5, 5.41) is 30.5. The summed E-state index contributed by atoms with van der Waals surface area (Å²) in [6, 6.07) is 0. The minimum absolute atomic E-state index is 0.0307. The monoisotopic (exact) mass is 378 g/mol. The van der Waals surface area contributed by atoms with E-state index in [4.69, 9.17) is 5.11 Å². The predicted octanol–water partition coefficient (Wildman–Crippen LogP) is 4.23. The Kier molecular flexibility index (Phi) is 5.12. The van der Waals surface area contributed by atoms with Crippen molar-refractivity contribution in [3.05, 3.63) is 0 Å². The van der Waals surface area contributed by atoms with Gasteiger partial charge in [-0.15, -0.1) is 0 Å². The third kappa shape index (κ3) is 3.06. The predicted molar refractivity (Wildman–Crippen MR) is 104 cm³/mol. The van der Waals surface area contributed by atoms with Crippen LogP contribution in [0, 0.1) is 40.4 Å². The average molecular weight is 379 g/mol. The van der Waals surface area contributed by atoms with Crippen LogP contribution < -0.4 is 0 Å². The van der Waals surface area contributed by atoms with Crippen molar-refractivity contribution >= 4 is 5.97 Å². The Labute approximate surface area is 163 Å². The lowest BCUT2D eigenvalue weighted by Crippen LogP contribution is -2.58. The summed E-state index contributed by atoms with van der Waals surface area (Å²) < 4.78 is 0. The normalized spacial score (nSPS) is 51.9. The van der Waals surface area contributed by atoms with Gasteiger partial charge >= 0.3 is 5.97 Å². The molecule has 0 aliphatic heterocycles. The van der Waals surface area contributed by atoms with E-state index in [9.17, 15) is 15.0 Å². The van der Waals surface area contributed by atoms with E-state index >= 15 is 0 Å². The second-order valence-corrected chi connectivity index (χ2v) is 10.8. The van der Waals surface area contributed by atoms with E-state index in [1.807, 2.05) is 0 Å². The number of carboxylic acids is 1. The second kappa shape index (κ2) is 7.02. The Hall–Kier alpha value is -0.610. The van der Waals surface area contributed by atoms with Crippen molar-refractivity contribution in [3.63, 3.8) is 0 Å². The van der Waals surface area contributed by atoms with Gasteiger partial charge in [0.25, 0.3) is 0 Å². The molecule has 4 saturated carbocycles. The first-order valence-corrected chi connectivity index (χ1v) is 11.3. The maximum atomic E-state index is 11.3. The fourth-order valence-corrected chi connectivity index (χ4v) is 8.29. The van der Waals surface area contributed by atoms with Crippen molar-refractivity contribution in [1.82, 2.24) is 0 Å². The number of carboxylic acid groups (broad SMARTS) is 1. The number of fused-ring (bicyclic) bond motifs is 5. The molecule has 0 radical (unpaired) electrons.